The van der Waals surface area contributed by atoms with Crippen LogP contribution < -0.4 is 14.8 Å². The average molecular weight is 475 g/mol. The molecule has 0 spiro atoms. The number of amides is 2. The molecule has 2 rings (SSSR count). The van der Waals surface area contributed by atoms with Crippen molar-refractivity contribution in [1.82, 2.24) is 10.2 Å². The number of carbonyl (C=O) groups excluding carboxylic acids is 2. The van der Waals surface area contributed by atoms with Crippen molar-refractivity contribution in [3.8, 4) is 11.5 Å². The highest BCUT2D eigenvalue weighted by Crippen LogP contribution is 2.19. The summed E-state index contributed by atoms with van der Waals surface area (Å²) < 4.78 is 10.9. The molecule has 2 aromatic rings. The van der Waals surface area contributed by atoms with E-state index in [-0.39, 0.29) is 18.2 Å². The van der Waals surface area contributed by atoms with Crippen molar-refractivity contribution in [2.45, 2.75) is 52.6 Å². The van der Waals surface area contributed by atoms with Crippen molar-refractivity contribution < 1.29 is 19.1 Å². The van der Waals surface area contributed by atoms with Crippen LogP contribution in [0, 0.1) is 5.92 Å². The molecule has 0 aliphatic rings. The highest BCUT2D eigenvalue weighted by atomic mass is 35.5. The van der Waals surface area contributed by atoms with Crippen LogP contribution in [0.25, 0.3) is 0 Å². The minimum absolute atomic E-state index is 0.0742. The number of halogens is 1. The number of hydrogen-bond acceptors (Lipinski definition) is 4. The lowest BCUT2D eigenvalue weighted by molar-refractivity contribution is -0.141. The normalized spacial score (nSPS) is 11.7. The Morgan fingerprint density at radius 3 is 2.24 bits per heavy atom. The largest absolute Gasteiger partial charge is 0.497 e. The quantitative estimate of drug-likeness (QED) is 0.411. The standard InChI is InChI=1S/C26H35ClN2O4/c1-5-24(26(31)28-17-19(2)3)29(18-20-8-10-21(27)11-9-20)25(30)7-6-16-33-23-14-12-22(32-4)13-15-23/h8-15,19,24H,5-7,16-18H2,1-4H3,(H,28,31)/t24-/m0/s1. The van der Waals surface area contributed by atoms with Crippen LogP contribution >= 0.6 is 11.6 Å². The summed E-state index contributed by atoms with van der Waals surface area (Å²) >= 11 is 6.01. The Morgan fingerprint density at radius 1 is 1.03 bits per heavy atom. The van der Waals surface area contributed by atoms with Gasteiger partial charge >= 0.3 is 0 Å². The third-order valence-corrected chi connectivity index (χ3v) is 5.45. The molecule has 0 heterocycles. The summed E-state index contributed by atoms with van der Waals surface area (Å²) in [6.45, 7) is 7.34. The monoisotopic (exact) mass is 474 g/mol. The van der Waals surface area contributed by atoms with Gasteiger partial charge in [0.2, 0.25) is 11.8 Å². The van der Waals surface area contributed by atoms with E-state index in [0.717, 1.165) is 17.1 Å². The first-order valence-electron chi connectivity index (χ1n) is 11.4. The lowest BCUT2D eigenvalue weighted by atomic mass is 10.1. The Bertz CT molecular complexity index is 869. The number of methoxy groups -OCH3 is 1. The maximum absolute atomic E-state index is 13.2. The zero-order valence-corrected chi connectivity index (χ0v) is 20.7. The van der Waals surface area contributed by atoms with Gasteiger partial charge in [-0.1, -0.05) is 44.5 Å². The van der Waals surface area contributed by atoms with Crippen LogP contribution in [-0.2, 0) is 16.1 Å². The summed E-state index contributed by atoms with van der Waals surface area (Å²) in [5, 5.41) is 3.61. The summed E-state index contributed by atoms with van der Waals surface area (Å²) in [5.41, 5.74) is 0.928. The second-order valence-electron chi connectivity index (χ2n) is 8.34. The summed E-state index contributed by atoms with van der Waals surface area (Å²) in [7, 11) is 1.62. The maximum atomic E-state index is 13.2. The van der Waals surface area contributed by atoms with Gasteiger partial charge in [0.25, 0.3) is 0 Å². The van der Waals surface area contributed by atoms with Gasteiger partial charge in [0.1, 0.15) is 17.5 Å². The van der Waals surface area contributed by atoms with Crippen molar-refractivity contribution in [3.05, 3.63) is 59.1 Å². The topological polar surface area (TPSA) is 67.9 Å². The fraction of sp³-hybridized carbons (Fsp3) is 0.462. The number of nitrogens with zero attached hydrogens (tertiary/aromatic N) is 1. The fourth-order valence-corrected chi connectivity index (χ4v) is 3.48. The van der Waals surface area contributed by atoms with E-state index >= 15 is 0 Å². The molecule has 7 heteroatoms. The molecule has 0 aromatic heterocycles. The van der Waals surface area contributed by atoms with Crippen molar-refractivity contribution >= 4 is 23.4 Å². The first-order chi connectivity index (χ1) is 15.8. The minimum Gasteiger partial charge on any atom is -0.497 e. The van der Waals surface area contributed by atoms with Gasteiger partial charge in [0.05, 0.1) is 13.7 Å². The van der Waals surface area contributed by atoms with Crippen molar-refractivity contribution in [2.75, 3.05) is 20.3 Å². The third-order valence-electron chi connectivity index (χ3n) is 5.20. The fourth-order valence-electron chi connectivity index (χ4n) is 3.36. The van der Waals surface area contributed by atoms with E-state index in [4.69, 9.17) is 21.1 Å². The third kappa shape index (κ3) is 8.97. The van der Waals surface area contributed by atoms with E-state index in [1.165, 1.54) is 0 Å². The Balaban J connectivity index is 2.02. The van der Waals surface area contributed by atoms with Gasteiger partial charge in [-0.3, -0.25) is 9.59 Å². The van der Waals surface area contributed by atoms with E-state index in [1.54, 1.807) is 24.1 Å². The van der Waals surface area contributed by atoms with Gasteiger partial charge in [0.15, 0.2) is 0 Å². The van der Waals surface area contributed by atoms with E-state index < -0.39 is 6.04 Å². The first-order valence-corrected chi connectivity index (χ1v) is 11.8. The summed E-state index contributed by atoms with van der Waals surface area (Å²) in [6, 6.07) is 14.1. The van der Waals surface area contributed by atoms with Crippen LogP contribution in [0.1, 0.15) is 45.6 Å². The summed E-state index contributed by atoms with van der Waals surface area (Å²) in [4.78, 5) is 27.7. The van der Waals surface area contributed by atoms with Crippen LogP contribution in [0.5, 0.6) is 11.5 Å². The SMILES string of the molecule is CC[C@@H](C(=O)NCC(C)C)N(Cc1ccc(Cl)cc1)C(=O)CCCOc1ccc(OC)cc1. The van der Waals surface area contributed by atoms with Crippen molar-refractivity contribution in [3.63, 3.8) is 0 Å². The highest BCUT2D eigenvalue weighted by molar-refractivity contribution is 6.30. The van der Waals surface area contributed by atoms with Crippen LogP contribution in [0.3, 0.4) is 0 Å². The van der Waals surface area contributed by atoms with Crippen LogP contribution in [-0.4, -0.2) is 43.0 Å². The van der Waals surface area contributed by atoms with Gasteiger partial charge in [-0.05, 0) is 60.7 Å². The Morgan fingerprint density at radius 2 is 1.67 bits per heavy atom. The Hall–Kier alpha value is -2.73. The second kappa shape index (κ2) is 13.7. The molecule has 33 heavy (non-hydrogen) atoms. The molecule has 2 aromatic carbocycles. The zero-order chi connectivity index (χ0) is 24.2. The lowest BCUT2D eigenvalue weighted by Crippen LogP contribution is -2.49. The second-order valence-corrected chi connectivity index (χ2v) is 8.78. The molecular weight excluding hydrogens is 440 g/mol. The van der Waals surface area contributed by atoms with Crippen LogP contribution in [0.15, 0.2) is 48.5 Å². The Kier molecular flexibility index (Phi) is 11.0. The molecule has 2 amide bonds. The first kappa shape index (κ1) is 26.5. The number of hydrogen-bond donors (Lipinski definition) is 1. The zero-order valence-electron chi connectivity index (χ0n) is 20.0. The smallest absolute Gasteiger partial charge is 0.242 e. The summed E-state index contributed by atoms with van der Waals surface area (Å²) in [6.07, 6.45) is 1.37. The number of nitrogens with one attached hydrogen (secondary N) is 1. The van der Waals surface area contributed by atoms with Crippen LogP contribution in [0.4, 0.5) is 0 Å². The molecule has 1 atom stereocenters. The molecule has 6 nitrogen and oxygen atoms in total. The van der Waals surface area contributed by atoms with Gasteiger partial charge in [0, 0.05) is 24.5 Å². The average Bonchev–Trinajstić information content (AvgIpc) is 2.81. The van der Waals surface area contributed by atoms with E-state index in [1.807, 2.05) is 57.2 Å². The molecule has 1 N–H and O–H groups in total. The van der Waals surface area contributed by atoms with Gasteiger partial charge in [-0.25, -0.2) is 0 Å². The molecule has 180 valence electrons. The van der Waals surface area contributed by atoms with Crippen molar-refractivity contribution in [1.29, 1.82) is 0 Å². The molecule has 0 aliphatic heterocycles. The van der Waals surface area contributed by atoms with Gasteiger partial charge in [-0.2, -0.15) is 0 Å². The molecule has 0 unspecified atom stereocenters. The predicted octanol–water partition coefficient (Wildman–Crippen LogP) is 5.09. The van der Waals surface area contributed by atoms with Gasteiger partial charge in [-0.15, -0.1) is 0 Å². The number of carbonyl (C=O) groups is 2. The Labute approximate surface area is 202 Å². The molecule has 0 bridgehead atoms. The highest BCUT2D eigenvalue weighted by Gasteiger charge is 2.28. The maximum Gasteiger partial charge on any atom is 0.242 e. The van der Waals surface area contributed by atoms with Crippen LogP contribution in [0.2, 0.25) is 5.02 Å². The van der Waals surface area contributed by atoms with E-state index in [2.05, 4.69) is 5.32 Å². The van der Waals surface area contributed by atoms with E-state index in [0.29, 0.717) is 43.5 Å². The molecule has 0 aliphatic carbocycles. The molecule has 0 saturated carbocycles. The predicted molar refractivity (Wildman–Crippen MR) is 132 cm³/mol. The lowest BCUT2D eigenvalue weighted by Gasteiger charge is -2.31. The number of rotatable bonds is 13. The minimum atomic E-state index is -0.533. The van der Waals surface area contributed by atoms with Crippen molar-refractivity contribution in [2.24, 2.45) is 5.92 Å². The molecular formula is C26H35ClN2O4. The van der Waals surface area contributed by atoms with E-state index in [9.17, 15) is 9.59 Å². The number of ether oxygens (including phenoxy) is 2. The van der Waals surface area contributed by atoms with Gasteiger partial charge < -0.3 is 19.7 Å². The summed E-state index contributed by atoms with van der Waals surface area (Å²) in [5.74, 6) is 1.62. The molecule has 0 saturated heterocycles. The molecule has 0 radical (unpaired) electrons. The number of benzene rings is 2. The molecule has 0 fully saturated rings.